The number of fused-ring (bicyclic) bond motifs is 1. The second-order valence-corrected chi connectivity index (χ2v) is 4.71. The van der Waals surface area contributed by atoms with E-state index in [1.807, 2.05) is 30.3 Å². The molecule has 0 fully saturated rings. The normalized spacial score (nSPS) is 13.0. The molecule has 1 heterocycles. The first-order valence-corrected chi connectivity index (χ1v) is 6.61. The van der Waals surface area contributed by atoms with Gasteiger partial charge in [-0.1, -0.05) is 18.2 Å². The molecule has 3 nitrogen and oxygen atoms in total. The quantitative estimate of drug-likeness (QED) is 0.793. The number of nitrogens with zero attached hydrogens (tertiary/aromatic N) is 1. The molecule has 0 aliphatic carbocycles. The second-order valence-electron chi connectivity index (χ2n) is 4.71. The Morgan fingerprint density at radius 1 is 1.20 bits per heavy atom. The van der Waals surface area contributed by atoms with Gasteiger partial charge >= 0.3 is 0 Å². The zero-order valence-corrected chi connectivity index (χ0v) is 11.1. The predicted octanol–water partition coefficient (Wildman–Crippen LogP) is 2.78. The Labute approximate surface area is 116 Å². The van der Waals surface area contributed by atoms with Crippen molar-refractivity contribution >= 4 is 10.9 Å². The van der Waals surface area contributed by atoms with E-state index in [2.05, 4.69) is 4.98 Å². The van der Waals surface area contributed by atoms with Crippen LogP contribution < -0.4 is 5.73 Å². The lowest BCUT2D eigenvalue weighted by Crippen LogP contribution is -2.25. The largest absolute Gasteiger partial charge is 0.375 e. The van der Waals surface area contributed by atoms with Gasteiger partial charge in [-0.05, 0) is 30.5 Å². The van der Waals surface area contributed by atoms with Crippen LogP contribution >= 0.6 is 0 Å². The van der Waals surface area contributed by atoms with Crippen LogP contribution in [0.25, 0.3) is 10.9 Å². The Hall–Kier alpha value is -1.59. The fraction of sp³-hybridized carbons (Fsp3) is 0.400. The maximum absolute atomic E-state index is 11.9. The fourth-order valence-corrected chi connectivity index (χ4v) is 2.12. The molecule has 0 saturated carbocycles. The van der Waals surface area contributed by atoms with Crippen molar-refractivity contribution in [3.05, 3.63) is 42.1 Å². The fourth-order valence-electron chi connectivity index (χ4n) is 2.12. The summed E-state index contributed by atoms with van der Waals surface area (Å²) in [6, 6.07) is 9.70. The Balaban J connectivity index is 1.91. The molecule has 0 amide bonds. The molecule has 0 saturated heterocycles. The van der Waals surface area contributed by atoms with E-state index in [0.29, 0.717) is 12.8 Å². The molecule has 2 aromatic rings. The molecule has 0 spiro atoms. The zero-order chi connectivity index (χ0) is 14.4. The highest BCUT2D eigenvalue weighted by atomic mass is 19.3. The SMILES string of the molecule is NC(CCOCC(F)F)Cc1ccnc2ccccc12. The number of hydrogen-bond donors (Lipinski definition) is 1. The summed E-state index contributed by atoms with van der Waals surface area (Å²) in [7, 11) is 0. The molecule has 0 aliphatic rings. The van der Waals surface area contributed by atoms with Gasteiger partial charge in [0.25, 0.3) is 6.43 Å². The van der Waals surface area contributed by atoms with E-state index >= 15 is 0 Å². The van der Waals surface area contributed by atoms with Crippen LogP contribution in [-0.2, 0) is 11.2 Å². The molecule has 1 atom stereocenters. The van der Waals surface area contributed by atoms with Crippen molar-refractivity contribution in [2.45, 2.75) is 25.3 Å². The molecule has 1 aromatic carbocycles. The monoisotopic (exact) mass is 280 g/mol. The number of alkyl halides is 2. The number of aromatic nitrogens is 1. The van der Waals surface area contributed by atoms with Crippen LogP contribution in [0.5, 0.6) is 0 Å². The van der Waals surface area contributed by atoms with Crippen LogP contribution in [0.1, 0.15) is 12.0 Å². The molecule has 0 radical (unpaired) electrons. The van der Waals surface area contributed by atoms with Crippen LogP contribution in [0, 0.1) is 0 Å². The number of rotatable bonds is 7. The van der Waals surface area contributed by atoms with Crippen molar-refractivity contribution in [3.8, 4) is 0 Å². The molecule has 1 unspecified atom stereocenters. The van der Waals surface area contributed by atoms with Crippen LogP contribution in [0.3, 0.4) is 0 Å². The Bertz CT molecular complexity index is 543. The van der Waals surface area contributed by atoms with Crippen LogP contribution in [0.4, 0.5) is 8.78 Å². The number of halogens is 2. The van der Waals surface area contributed by atoms with Crippen LogP contribution in [-0.4, -0.2) is 30.7 Å². The molecule has 0 aliphatic heterocycles. The minimum absolute atomic E-state index is 0.113. The standard InChI is InChI=1S/C15H18F2N2O/c16-15(17)10-20-8-6-12(18)9-11-5-7-19-14-4-2-1-3-13(11)14/h1-5,7,12,15H,6,8-10,18H2. The van der Waals surface area contributed by atoms with Crippen molar-refractivity contribution < 1.29 is 13.5 Å². The average Bonchev–Trinajstić information content (AvgIpc) is 2.44. The molecular formula is C15H18F2N2O. The van der Waals surface area contributed by atoms with Crippen molar-refractivity contribution in [2.24, 2.45) is 5.73 Å². The Morgan fingerprint density at radius 3 is 2.80 bits per heavy atom. The first kappa shape index (κ1) is 14.8. The molecule has 2 rings (SSSR count). The number of hydrogen-bond acceptors (Lipinski definition) is 3. The lowest BCUT2D eigenvalue weighted by atomic mass is 10.0. The molecular weight excluding hydrogens is 262 g/mol. The van der Waals surface area contributed by atoms with Gasteiger partial charge in [-0.15, -0.1) is 0 Å². The summed E-state index contributed by atoms with van der Waals surface area (Å²) < 4.78 is 28.7. The van der Waals surface area contributed by atoms with E-state index < -0.39 is 13.0 Å². The predicted molar refractivity (Wildman–Crippen MR) is 74.9 cm³/mol. The molecule has 108 valence electrons. The third-order valence-electron chi connectivity index (χ3n) is 3.10. The smallest absolute Gasteiger partial charge is 0.261 e. The van der Waals surface area contributed by atoms with Crippen molar-refractivity contribution in [3.63, 3.8) is 0 Å². The second kappa shape index (κ2) is 7.26. The van der Waals surface area contributed by atoms with Gasteiger partial charge in [0.05, 0.1) is 5.52 Å². The number of pyridine rings is 1. The van der Waals surface area contributed by atoms with Gasteiger partial charge in [-0.3, -0.25) is 4.98 Å². The summed E-state index contributed by atoms with van der Waals surface area (Å²) in [6.07, 6.45) is 0.581. The number of benzene rings is 1. The summed E-state index contributed by atoms with van der Waals surface area (Å²) in [5.41, 5.74) is 8.08. The summed E-state index contributed by atoms with van der Waals surface area (Å²) in [5.74, 6) is 0. The first-order chi connectivity index (χ1) is 9.66. The highest BCUT2D eigenvalue weighted by Crippen LogP contribution is 2.17. The molecule has 20 heavy (non-hydrogen) atoms. The lowest BCUT2D eigenvalue weighted by molar-refractivity contribution is 0.0153. The van der Waals surface area contributed by atoms with E-state index in [0.717, 1.165) is 16.5 Å². The van der Waals surface area contributed by atoms with Gasteiger partial charge < -0.3 is 10.5 Å². The van der Waals surface area contributed by atoms with Gasteiger partial charge in [-0.25, -0.2) is 8.78 Å². The topological polar surface area (TPSA) is 48.1 Å². The highest BCUT2D eigenvalue weighted by molar-refractivity contribution is 5.81. The van der Waals surface area contributed by atoms with E-state index in [-0.39, 0.29) is 12.6 Å². The van der Waals surface area contributed by atoms with Gasteiger partial charge in [-0.2, -0.15) is 0 Å². The highest BCUT2D eigenvalue weighted by Gasteiger charge is 2.08. The van der Waals surface area contributed by atoms with Gasteiger partial charge in [0.1, 0.15) is 6.61 Å². The summed E-state index contributed by atoms with van der Waals surface area (Å²) in [4.78, 5) is 4.30. The van der Waals surface area contributed by atoms with Crippen molar-refractivity contribution in [2.75, 3.05) is 13.2 Å². The van der Waals surface area contributed by atoms with Gasteiger partial charge in [0.2, 0.25) is 0 Å². The van der Waals surface area contributed by atoms with Gasteiger partial charge in [0, 0.05) is 24.2 Å². The first-order valence-electron chi connectivity index (χ1n) is 6.61. The average molecular weight is 280 g/mol. The number of ether oxygens (including phenoxy) is 1. The van der Waals surface area contributed by atoms with E-state index in [1.165, 1.54) is 0 Å². The van der Waals surface area contributed by atoms with E-state index in [4.69, 9.17) is 10.5 Å². The maximum Gasteiger partial charge on any atom is 0.261 e. The molecule has 2 N–H and O–H groups in total. The minimum Gasteiger partial charge on any atom is -0.375 e. The molecule has 5 heteroatoms. The minimum atomic E-state index is -2.42. The molecule has 0 bridgehead atoms. The third kappa shape index (κ3) is 4.21. The zero-order valence-electron chi connectivity index (χ0n) is 11.1. The maximum atomic E-state index is 11.9. The summed E-state index contributed by atoms with van der Waals surface area (Å²) >= 11 is 0. The Kier molecular flexibility index (Phi) is 5.38. The Morgan fingerprint density at radius 2 is 2.00 bits per heavy atom. The van der Waals surface area contributed by atoms with Crippen molar-refractivity contribution in [1.29, 1.82) is 0 Å². The van der Waals surface area contributed by atoms with Crippen LogP contribution in [0.15, 0.2) is 36.5 Å². The molecule has 1 aromatic heterocycles. The van der Waals surface area contributed by atoms with E-state index in [1.54, 1.807) is 6.20 Å². The number of para-hydroxylation sites is 1. The number of nitrogens with two attached hydrogens (primary N) is 1. The van der Waals surface area contributed by atoms with Crippen LogP contribution in [0.2, 0.25) is 0 Å². The third-order valence-corrected chi connectivity index (χ3v) is 3.10. The summed E-state index contributed by atoms with van der Waals surface area (Å²) in [6.45, 7) is -0.264. The van der Waals surface area contributed by atoms with Crippen molar-refractivity contribution in [1.82, 2.24) is 4.98 Å². The van der Waals surface area contributed by atoms with E-state index in [9.17, 15) is 8.78 Å². The lowest BCUT2D eigenvalue weighted by Gasteiger charge is -2.13. The van der Waals surface area contributed by atoms with Gasteiger partial charge in [0.15, 0.2) is 0 Å². The summed E-state index contributed by atoms with van der Waals surface area (Å²) in [5, 5.41) is 1.08.